The molecular weight excluding hydrogens is 434 g/mol. The molecule has 0 saturated carbocycles. The molecule has 9 nitrogen and oxygen atoms in total. The van der Waals surface area contributed by atoms with Crippen molar-refractivity contribution in [3.8, 4) is 0 Å². The molecule has 2 amide bonds. The summed E-state index contributed by atoms with van der Waals surface area (Å²) in [6.07, 6.45) is 1.35. The van der Waals surface area contributed by atoms with E-state index in [0.717, 1.165) is 15.4 Å². The number of likely N-dealkylation sites (N-methyl/N-ethyl adjacent to an activating group) is 2. The van der Waals surface area contributed by atoms with E-state index in [1.807, 2.05) is 13.8 Å². The van der Waals surface area contributed by atoms with Crippen molar-refractivity contribution < 1.29 is 27.5 Å². The lowest BCUT2D eigenvalue weighted by molar-refractivity contribution is -0.152. The number of likely N-dealkylation sites (tertiary alicyclic amines) is 1. The number of esters is 1. The van der Waals surface area contributed by atoms with Gasteiger partial charge in [-0.05, 0) is 56.9 Å². The molecule has 0 N–H and O–H groups in total. The van der Waals surface area contributed by atoms with Crippen molar-refractivity contribution >= 4 is 27.8 Å². The monoisotopic (exact) mass is 467 g/mol. The standard InChI is InChI=1S/C22H33N3O6S/c1-6-31-22(28)18-8-7-11-25(13-18)21(27)14-23(4)20(26)15-24(5)32(29,30)19-10-9-16(2)17(3)12-19/h9-10,12,18H,6-8,11,13-15H2,1-5H3. The van der Waals surface area contributed by atoms with Crippen LogP contribution >= 0.6 is 0 Å². The number of rotatable bonds is 8. The Bertz CT molecular complexity index is 962. The number of carbonyl (C=O) groups excluding carboxylic acids is 3. The second kappa shape index (κ2) is 10.9. The summed E-state index contributed by atoms with van der Waals surface area (Å²) in [5, 5.41) is 0. The molecule has 1 unspecified atom stereocenters. The molecule has 1 saturated heterocycles. The van der Waals surface area contributed by atoms with Gasteiger partial charge in [-0.1, -0.05) is 6.07 Å². The maximum atomic E-state index is 12.8. The highest BCUT2D eigenvalue weighted by Crippen LogP contribution is 2.19. The quantitative estimate of drug-likeness (QED) is 0.532. The zero-order valence-electron chi connectivity index (χ0n) is 19.5. The molecular formula is C22H33N3O6S. The number of hydrogen-bond donors (Lipinski definition) is 0. The van der Waals surface area contributed by atoms with Crippen LogP contribution in [0.15, 0.2) is 23.1 Å². The minimum Gasteiger partial charge on any atom is -0.466 e. The van der Waals surface area contributed by atoms with Crippen molar-refractivity contribution in [2.24, 2.45) is 5.92 Å². The van der Waals surface area contributed by atoms with Crippen LogP contribution in [0.3, 0.4) is 0 Å². The molecule has 1 aliphatic rings. The van der Waals surface area contributed by atoms with Crippen molar-refractivity contribution in [2.45, 2.75) is 38.5 Å². The fourth-order valence-corrected chi connectivity index (χ4v) is 4.70. The highest BCUT2D eigenvalue weighted by atomic mass is 32.2. The zero-order valence-corrected chi connectivity index (χ0v) is 20.3. The number of sulfonamides is 1. The van der Waals surface area contributed by atoms with Gasteiger partial charge in [0.2, 0.25) is 21.8 Å². The summed E-state index contributed by atoms with van der Waals surface area (Å²) in [5.74, 6) is -1.45. The van der Waals surface area contributed by atoms with Crippen LogP contribution in [0.2, 0.25) is 0 Å². The number of carbonyl (C=O) groups is 3. The summed E-state index contributed by atoms with van der Waals surface area (Å²) in [7, 11) is -1.04. The smallest absolute Gasteiger partial charge is 0.310 e. The molecule has 0 radical (unpaired) electrons. The van der Waals surface area contributed by atoms with Crippen molar-refractivity contribution in [1.82, 2.24) is 14.1 Å². The van der Waals surface area contributed by atoms with E-state index < -0.39 is 15.9 Å². The van der Waals surface area contributed by atoms with E-state index in [1.54, 1.807) is 24.0 Å². The van der Waals surface area contributed by atoms with Gasteiger partial charge in [-0.25, -0.2) is 8.42 Å². The first kappa shape index (κ1) is 25.8. The summed E-state index contributed by atoms with van der Waals surface area (Å²) in [5.41, 5.74) is 1.82. The summed E-state index contributed by atoms with van der Waals surface area (Å²) in [6, 6.07) is 4.82. The third-order valence-electron chi connectivity index (χ3n) is 5.74. The molecule has 32 heavy (non-hydrogen) atoms. The van der Waals surface area contributed by atoms with Gasteiger partial charge in [-0.3, -0.25) is 14.4 Å². The molecule has 0 aliphatic carbocycles. The lowest BCUT2D eigenvalue weighted by Gasteiger charge is -2.32. The van der Waals surface area contributed by atoms with Gasteiger partial charge < -0.3 is 14.5 Å². The Morgan fingerprint density at radius 1 is 1.12 bits per heavy atom. The SMILES string of the molecule is CCOC(=O)C1CCCN(C(=O)CN(C)C(=O)CN(C)S(=O)(=O)c2ccc(C)c(C)c2)C1. The molecule has 1 aliphatic heterocycles. The first-order chi connectivity index (χ1) is 15.0. The molecule has 0 aromatic heterocycles. The Hall–Kier alpha value is -2.46. The average molecular weight is 468 g/mol. The minimum absolute atomic E-state index is 0.118. The van der Waals surface area contributed by atoms with E-state index in [0.29, 0.717) is 26.0 Å². The minimum atomic E-state index is -3.84. The largest absolute Gasteiger partial charge is 0.466 e. The first-order valence-corrected chi connectivity index (χ1v) is 12.1. The fourth-order valence-electron chi connectivity index (χ4n) is 3.50. The van der Waals surface area contributed by atoms with Crippen molar-refractivity contribution in [3.05, 3.63) is 29.3 Å². The van der Waals surface area contributed by atoms with E-state index in [2.05, 4.69) is 0 Å². The Labute approximate surface area is 190 Å². The number of benzene rings is 1. The molecule has 10 heteroatoms. The third-order valence-corrected chi connectivity index (χ3v) is 7.54. The second-order valence-electron chi connectivity index (χ2n) is 8.19. The van der Waals surface area contributed by atoms with Crippen LogP contribution < -0.4 is 0 Å². The van der Waals surface area contributed by atoms with Gasteiger partial charge >= 0.3 is 5.97 Å². The molecule has 2 rings (SSSR count). The van der Waals surface area contributed by atoms with Crippen LogP contribution in [0.25, 0.3) is 0 Å². The molecule has 0 spiro atoms. The van der Waals surface area contributed by atoms with E-state index in [1.165, 1.54) is 25.1 Å². The molecule has 1 aromatic carbocycles. The van der Waals surface area contributed by atoms with Crippen LogP contribution in [-0.4, -0.2) is 87.2 Å². The van der Waals surface area contributed by atoms with E-state index in [-0.39, 0.29) is 42.3 Å². The highest BCUT2D eigenvalue weighted by molar-refractivity contribution is 7.89. The second-order valence-corrected chi connectivity index (χ2v) is 10.2. The first-order valence-electron chi connectivity index (χ1n) is 10.7. The molecule has 1 heterocycles. The van der Waals surface area contributed by atoms with Crippen molar-refractivity contribution in [3.63, 3.8) is 0 Å². The lowest BCUT2D eigenvalue weighted by atomic mass is 9.98. The van der Waals surface area contributed by atoms with Crippen LogP contribution in [0.5, 0.6) is 0 Å². The van der Waals surface area contributed by atoms with E-state index in [4.69, 9.17) is 4.74 Å². The molecule has 1 fully saturated rings. The molecule has 0 bridgehead atoms. The van der Waals surface area contributed by atoms with Crippen LogP contribution in [0.1, 0.15) is 30.9 Å². The summed E-state index contributed by atoms with van der Waals surface area (Å²) >= 11 is 0. The Morgan fingerprint density at radius 3 is 2.44 bits per heavy atom. The van der Waals surface area contributed by atoms with Crippen molar-refractivity contribution in [1.29, 1.82) is 0 Å². The zero-order chi connectivity index (χ0) is 24.1. The fraction of sp³-hybridized carbons (Fsp3) is 0.591. The summed E-state index contributed by atoms with van der Waals surface area (Å²) in [4.78, 5) is 40.1. The van der Waals surface area contributed by atoms with E-state index in [9.17, 15) is 22.8 Å². The topological polar surface area (TPSA) is 104 Å². The van der Waals surface area contributed by atoms with Gasteiger partial charge in [-0.2, -0.15) is 4.31 Å². The molecule has 1 aromatic rings. The van der Waals surface area contributed by atoms with Crippen molar-refractivity contribution in [2.75, 3.05) is 46.9 Å². The summed E-state index contributed by atoms with van der Waals surface area (Å²) < 4.78 is 31.7. The number of ether oxygens (including phenoxy) is 1. The van der Waals surface area contributed by atoms with Crippen LogP contribution in [0, 0.1) is 19.8 Å². The van der Waals surface area contributed by atoms with Gasteiger partial charge in [0.1, 0.15) is 0 Å². The predicted molar refractivity (Wildman–Crippen MR) is 119 cm³/mol. The Kier molecular flexibility index (Phi) is 8.80. The highest BCUT2D eigenvalue weighted by Gasteiger charge is 2.31. The lowest BCUT2D eigenvalue weighted by Crippen LogP contribution is -2.48. The predicted octanol–water partition coefficient (Wildman–Crippen LogP) is 1.18. The number of amides is 2. The number of aryl methyl sites for hydroxylation is 2. The maximum absolute atomic E-state index is 12.8. The van der Waals surface area contributed by atoms with Crippen LogP contribution in [0.4, 0.5) is 0 Å². The maximum Gasteiger partial charge on any atom is 0.310 e. The average Bonchev–Trinajstić information content (AvgIpc) is 2.75. The third kappa shape index (κ3) is 6.29. The van der Waals surface area contributed by atoms with Gasteiger partial charge in [0.15, 0.2) is 0 Å². The molecule has 1 atom stereocenters. The Morgan fingerprint density at radius 2 is 1.81 bits per heavy atom. The number of hydrogen-bond acceptors (Lipinski definition) is 6. The van der Waals surface area contributed by atoms with Gasteiger partial charge in [0.25, 0.3) is 0 Å². The Balaban J connectivity index is 1.96. The number of nitrogens with zero attached hydrogens (tertiary/aromatic N) is 3. The molecule has 178 valence electrons. The van der Waals surface area contributed by atoms with Gasteiger partial charge in [0.05, 0.1) is 30.5 Å². The number of piperidine rings is 1. The van der Waals surface area contributed by atoms with Gasteiger partial charge in [-0.15, -0.1) is 0 Å². The van der Waals surface area contributed by atoms with Gasteiger partial charge in [0, 0.05) is 27.2 Å². The normalized spacial score (nSPS) is 16.7. The van der Waals surface area contributed by atoms with E-state index >= 15 is 0 Å². The van der Waals surface area contributed by atoms with Crippen LogP contribution in [-0.2, 0) is 29.1 Å². The summed E-state index contributed by atoms with van der Waals surface area (Å²) in [6.45, 7) is 5.95.